The Morgan fingerprint density at radius 3 is 2.31 bits per heavy atom. The highest BCUT2D eigenvalue weighted by Gasteiger charge is 2.38. The lowest BCUT2D eigenvalue weighted by Gasteiger charge is -2.32. The summed E-state index contributed by atoms with van der Waals surface area (Å²) in [7, 11) is 2.97. The molecule has 2 N–H and O–H groups in total. The van der Waals surface area contributed by atoms with E-state index in [4.69, 9.17) is 4.74 Å². The minimum Gasteiger partial charge on any atom is -0.508 e. The smallest absolute Gasteiger partial charge is 0.337 e. The van der Waals surface area contributed by atoms with Crippen LogP contribution in [0, 0.1) is 0 Å². The largest absolute Gasteiger partial charge is 0.508 e. The van der Waals surface area contributed by atoms with E-state index in [2.05, 4.69) is 5.32 Å². The second-order valence-electron chi connectivity index (χ2n) is 7.49. The molecule has 0 aliphatic carbocycles. The number of nitrogens with zero attached hydrogens (tertiary/aromatic N) is 2. The first-order chi connectivity index (χ1) is 15.3. The number of hydrogen-bond donors (Lipinski definition) is 2. The van der Waals surface area contributed by atoms with Gasteiger partial charge in [-0.25, -0.2) is 9.59 Å². The van der Waals surface area contributed by atoms with Crippen LogP contribution in [-0.4, -0.2) is 26.8 Å². The summed E-state index contributed by atoms with van der Waals surface area (Å²) in [5.74, 6) is -1.02. The normalized spacial score (nSPS) is 15.2. The molecule has 2 aromatic carbocycles. The number of nitrogens with one attached hydrogen (secondary N) is 1. The lowest BCUT2D eigenvalue weighted by atomic mass is 9.81. The zero-order chi connectivity index (χ0) is 23.0. The summed E-state index contributed by atoms with van der Waals surface area (Å²) >= 11 is 0. The fraction of sp³-hybridized carbons (Fsp3) is 0.208. The molecule has 0 bridgehead atoms. The Hall–Kier alpha value is -4.07. The molecular formula is C24H23N3O5. The Kier molecular flexibility index (Phi) is 5.44. The number of phenolic OH excluding ortho intramolecular Hbond substituents is 1. The van der Waals surface area contributed by atoms with E-state index in [1.807, 2.05) is 30.3 Å². The maximum absolute atomic E-state index is 13.3. The molecule has 1 aliphatic rings. The van der Waals surface area contributed by atoms with Gasteiger partial charge < -0.3 is 15.2 Å². The topological polar surface area (TPSA) is 103 Å². The average molecular weight is 433 g/mol. The summed E-state index contributed by atoms with van der Waals surface area (Å²) in [6.07, 6.45) is 0. The molecule has 0 unspecified atom stereocenters. The zero-order valence-corrected chi connectivity index (χ0v) is 18.0. The maximum Gasteiger partial charge on any atom is 0.337 e. The number of aromatic hydroxyl groups is 1. The van der Waals surface area contributed by atoms with Crippen molar-refractivity contribution in [2.24, 2.45) is 14.1 Å². The molecule has 32 heavy (non-hydrogen) atoms. The van der Waals surface area contributed by atoms with Crippen LogP contribution >= 0.6 is 0 Å². The molecule has 8 heteroatoms. The monoisotopic (exact) mass is 433 g/mol. The first-order valence-electron chi connectivity index (χ1n) is 10.2. The van der Waals surface area contributed by atoms with Gasteiger partial charge in [0.25, 0.3) is 5.56 Å². The van der Waals surface area contributed by atoms with Crippen molar-refractivity contribution in [1.29, 1.82) is 0 Å². The number of fused-ring (bicyclic) bond motifs is 1. The molecular weight excluding hydrogens is 410 g/mol. The maximum atomic E-state index is 13.3. The van der Waals surface area contributed by atoms with Crippen molar-refractivity contribution in [3.63, 3.8) is 0 Å². The third-order valence-corrected chi connectivity index (χ3v) is 5.57. The number of hydrogen-bond acceptors (Lipinski definition) is 6. The fourth-order valence-corrected chi connectivity index (χ4v) is 4.02. The molecule has 0 radical (unpaired) electrons. The van der Waals surface area contributed by atoms with E-state index >= 15 is 0 Å². The van der Waals surface area contributed by atoms with Crippen LogP contribution in [0.25, 0.3) is 5.70 Å². The molecule has 164 valence electrons. The number of anilines is 1. The first-order valence-corrected chi connectivity index (χ1v) is 10.2. The van der Waals surface area contributed by atoms with Crippen molar-refractivity contribution in [2.75, 3.05) is 11.9 Å². The van der Waals surface area contributed by atoms with Crippen molar-refractivity contribution < 1.29 is 14.6 Å². The summed E-state index contributed by atoms with van der Waals surface area (Å²) in [5, 5.41) is 13.0. The molecule has 4 rings (SSSR count). The third-order valence-electron chi connectivity index (χ3n) is 5.57. The predicted molar refractivity (Wildman–Crippen MR) is 120 cm³/mol. The van der Waals surface area contributed by atoms with Gasteiger partial charge in [0.05, 0.1) is 29.4 Å². The van der Waals surface area contributed by atoms with Gasteiger partial charge in [-0.3, -0.25) is 13.9 Å². The van der Waals surface area contributed by atoms with E-state index in [1.165, 1.54) is 23.7 Å². The van der Waals surface area contributed by atoms with Crippen LogP contribution in [0.4, 0.5) is 5.82 Å². The Balaban J connectivity index is 2.13. The van der Waals surface area contributed by atoms with Crippen LogP contribution in [0.5, 0.6) is 5.75 Å². The highest BCUT2D eigenvalue weighted by Crippen LogP contribution is 2.43. The third kappa shape index (κ3) is 3.39. The van der Waals surface area contributed by atoms with Crippen LogP contribution < -0.4 is 16.6 Å². The quantitative estimate of drug-likeness (QED) is 0.613. The highest BCUT2D eigenvalue weighted by atomic mass is 16.5. The van der Waals surface area contributed by atoms with E-state index in [0.29, 0.717) is 22.6 Å². The Morgan fingerprint density at radius 2 is 1.69 bits per heavy atom. The van der Waals surface area contributed by atoms with Gasteiger partial charge in [0.2, 0.25) is 0 Å². The summed E-state index contributed by atoms with van der Waals surface area (Å²) in [4.78, 5) is 39.2. The Bertz CT molecular complexity index is 1340. The number of benzene rings is 2. The minimum atomic E-state index is -0.813. The molecule has 0 fully saturated rings. The summed E-state index contributed by atoms with van der Waals surface area (Å²) < 4.78 is 7.76. The van der Waals surface area contributed by atoms with Gasteiger partial charge in [-0.1, -0.05) is 42.5 Å². The zero-order valence-electron chi connectivity index (χ0n) is 18.0. The SMILES string of the molecule is CCOC(=O)C1=C(c2ccccc2)Nc2c(c(=O)n(C)c(=O)n2C)[C@@H]1c1ccc(O)cc1. The predicted octanol–water partition coefficient (Wildman–Crippen LogP) is 2.32. The van der Waals surface area contributed by atoms with E-state index in [-0.39, 0.29) is 23.5 Å². The summed E-state index contributed by atoms with van der Waals surface area (Å²) in [6, 6.07) is 15.5. The molecule has 1 aliphatic heterocycles. The van der Waals surface area contributed by atoms with Gasteiger partial charge in [-0.15, -0.1) is 0 Å². The van der Waals surface area contributed by atoms with Crippen LogP contribution in [0.15, 0.2) is 69.8 Å². The number of ether oxygens (including phenoxy) is 1. The highest BCUT2D eigenvalue weighted by molar-refractivity contribution is 6.04. The van der Waals surface area contributed by atoms with E-state index in [1.54, 1.807) is 26.1 Å². The van der Waals surface area contributed by atoms with Crippen molar-refractivity contribution in [1.82, 2.24) is 9.13 Å². The molecule has 8 nitrogen and oxygen atoms in total. The summed E-state index contributed by atoms with van der Waals surface area (Å²) in [5.41, 5.74) is 1.28. The molecule has 0 saturated carbocycles. The van der Waals surface area contributed by atoms with Crippen LogP contribution in [0.3, 0.4) is 0 Å². The fourth-order valence-electron chi connectivity index (χ4n) is 4.02. The number of aromatic nitrogens is 2. The number of rotatable bonds is 4. The molecule has 0 spiro atoms. The molecule has 2 heterocycles. The van der Waals surface area contributed by atoms with Gasteiger partial charge in [-0.05, 0) is 30.2 Å². The number of phenols is 1. The molecule has 0 amide bonds. The van der Waals surface area contributed by atoms with E-state index in [0.717, 1.165) is 4.57 Å². The lowest BCUT2D eigenvalue weighted by molar-refractivity contribution is -0.138. The van der Waals surface area contributed by atoms with Crippen molar-refractivity contribution in [3.05, 3.63) is 97.7 Å². The number of carbonyl (C=O) groups is 1. The van der Waals surface area contributed by atoms with Crippen LogP contribution in [0.1, 0.15) is 29.5 Å². The second kappa shape index (κ2) is 8.22. The van der Waals surface area contributed by atoms with Crippen LogP contribution in [-0.2, 0) is 23.6 Å². The van der Waals surface area contributed by atoms with Gasteiger partial charge >= 0.3 is 11.7 Å². The second-order valence-corrected chi connectivity index (χ2v) is 7.49. The Labute approximate surface area is 184 Å². The van der Waals surface area contributed by atoms with Crippen LogP contribution in [0.2, 0.25) is 0 Å². The van der Waals surface area contributed by atoms with E-state index in [9.17, 15) is 19.5 Å². The Morgan fingerprint density at radius 1 is 1.03 bits per heavy atom. The van der Waals surface area contributed by atoms with E-state index < -0.39 is 23.1 Å². The van der Waals surface area contributed by atoms with Gasteiger partial charge in [0.15, 0.2) is 0 Å². The van der Waals surface area contributed by atoms with Crippen molar-refractivity contribution in [3.8, 4) is 5.75 Å². The number of esters is 1. The summed E-state index contributed by atoms with van der Waals surface area (Å²) in [6.45, 7) is 1.87. The molecule has 0 saturated heterocycles. The molecule has 1 aromatic heterocycles. The number of carbonyl (C=O) groups excluding carboxylic acids is 1. The van der Waals surface area contributed by atoms with Gasteiger partial charge in [-0.2, -0.15) is 0 Å². The average Bonchev–Trinajstić information content (AvgIpc) is 2.81. The van der Waals surface area contributed by atoms with Gasteiger partial charge in [0, 0.05) is 14.1 Å². The lowest BCUT2D eigenvalue weighted by Crippen LogP contribution is -2.43. The first kappa shape index (κ1) is 21.2. The minimum absolute atomic E-state index is 0.0567. The molecule has 1 atom stereocenters. The standard InChI is InChI=1S/C24H23N3O5/c1-4-32-23(30)18-17(14-10-12-16(28)13-11-14)19-21(26(2)24(31)27(3)22(19)29)25-20(18)15-8-6-5-7-9-15/h5-13,17,25,28H,4H2,1-3H3/t17-/m1/s1. The van der Waals surface area contributed by atoms with Crippen molar-refractivity contribution >= 4 is 17.5 Å². The van der Waals surface area contributed by atoms with Crippen molar-refractivity contribution in [2.45, 2.75) is 12.8 Å². The van der Waals surface area contributed by atoms with Gasteiger partial charge in [0.1, 0.15) is 11.6 Å². The molecule has 3 aromatic rings.